The maximum Gasteiger partial charge on any atom is 0.417 e. The van der Waals surface area contributed by atoms with Gasteiger partial charge in [-0.3, -0.25) is 4.98 Å². The number of oxime groups is 1. The molecule has 0 saturated carbocycles. The summed E-state index contributed by atoms with van der Waals surface area (Å²) in [5.74, 6) is 0. The molecule has 0 aliphatic carbocycles. The molecule has 0 radical (unpaired) electrons. The minimum atomic E-state index is -4.50. The molecule has 0 saturated heterocycles. The Kier molecular flexibility index (Phi) is 6.67. The van der Waals surface area contributed by atoms with E-state index >= 15 is 0 Å². The van der Waals surface area contributed by atoms with Crippen molar-refractivity contribution >= 4 is 41.0 Å². The summed E-state index contributed by atoms with van der Waals surface area (Å²) in [5, 5.41) is 4.75. The molecular weight excluding hydrogens is 448 g/mol. The van der Waals surface area contributed by atoms with Crippen molar-refractivity contribution in [3.8, 4) is 11.3 Å². The molecule has 29 heavy (non-hydrogen) atoms. The van der Waals surface area contributed by atoms with Gasteiger partial charge in [0.2, 0.25) is 0 Å². The van der Waals surface area contributed by atoms with Crippen molar-refractivity contribution in [2.75, 3.05) is 0 Å². The summed E-state index contributed by atoms with van der Waals surface area (Å²) in [4.78, 5) is 9.06. The molecule has 0 spiro atoms. The van der Waals surface area contributed by atoms with Crippen LogP contribution in [0.2, 0.25) is 15.1 Å². The summed E-state index contributed by atoms with van der Waals surface area (Å²) >= 11 is 18.1. The normalized spacial score (nSPS) is 11.8. The zero-order chi connectivity index (χ0) is 21.0. The van der Waals surface area contributed by atoms with E-state index < -0.39 is 11.7 Å². The number of benzene rings is 2. The number of halogens is 6. The van der Waals surface area contributed by atoms with Crippen LogP contribution in [0.4, 0.5) is 13.2 Å². The molecule has 9 heteroatoms. The molecule has 2 aromatic carbocycles. The van der Waals surface area contributed by atoms with Crippen LogP contribution in [0.1, 0.15) is 16.7 Å². The molecule has 0 fully saturated rings. The Hall–Kier alpha value is -2.28. The van der Waals surface area contributed by atoms with Gasteiger partial charge in [-0.15, -0.1) is 0 Å². The molecule has 0 N–H and O–H groups in total. The number of hydrogen-bond acceptors (Lipinski definition) is 3. The third kappa shape index (κ3) is 5.41. The molecule has 1 aromatic heterocycles. The maximum absolute atomic E-state index is 12.7. The summed E-state index contributed by atoms with van der Waals surface area (Å²) < 4.78 is 38.1. The Morgan fingerprint density at radius 2 is 1.62 bits per heavy atom. The van der Waals surface area contributed by atoms with Gasteiger partial charge in [-0.05, 0) is 23.8 Å². The van der Waals surface area contributed by atoms with E-state index in [-0.39, 0.29) is 17.3 Å². The van der Waals surface area contributed by atoms with Gasteiger partial charge in [0.1, 0.15) is 6.61 Å². The molecule has 3 nitrogen and oxygen atoms in total. The fraction of sp³-hybridized carbons (Fsp3) is 0.100. The molecule has 0 aliphatic heterocycles. The molecule has 0 amide bonds. The van der Waals surface area contributed by atoms with Gasteiger partial charge in [-0.1, -0.05) is 70.3 Å². The van der Waals surface area contributed by atoms with Crippen molar-refractivity contribution in [2.24, 2.45) is 5.16 Å². The van der Waals surface area contributed by atoms with Crippen molar-refractivity contribution in [1.29, 1.82) is 0 Å². The number of hydrogen-bond donors (Lipinski definition) is 0. The topological polar surface area (TPSA) is 34.5 Å². The minimum absolute atomic E-state index is 0.0822. The first-order valence-electron chi connectivity index (χ1n) is 8.17. The van der Waals surface area contributed by atoms with Crippen LogP contribution in [0.25, 0.3) is 11.3 Å². The lowest BCUT2D eigenvalue weighted by Gasteiger charge is -2.09. The van der Waals surface area contributed by atoms with Crippen LogP contribution in [0.15, 0.2) is 59.9 Å². The van der Waals surface area contributed by atoms with Crippen LogP contribution in [-0.4, -0.2) is 11.2 Å². The van der Waals surface area contributed by atoms with Gasteiger partial charge in [0.05, 0.1) is 22.5 Å². The van der Waals surface area contributed by atoms with Crippen LogP contribution in [0.3, 0.4) is 0 Å². The van der Waals surface area contributed by atoms with Crippen LogP contribution in [-0.2, 0) is 17.6 Å². The second kappa shape index (κ2) is 9.03. The molecule has 0 aliphatic rings. The molecule has 3 rings (SSSR count). The Bertz CT molecular complexity index is 1020. The van der Waals surface area contributed by atoms with Gasteiger partial charge in [0.25, 0.3) is 0 Å². The van der Waals surface area contributed by atoms with Gasteiger partial charge in [0, 0.05) is 27.4 Å². The highest BCUT2D eigenvalue weighted by Crippen LogP contribution is 2.34. The monoisotopic (exact) mass is 458 g/mol. The third-order valence-corrected chi connectivity index (χ3v) is 4.90. The Labute approximate surface area is 179 Å². The van der Waals surface area contributed by atoms with Crippen LogP contribution in [0.5, 0.6) is 0 Å². The molecule has 3 aromatic rings. The standard InChI is InChI=1S/C20H12Cl3F3N2O/c21-16-2-1-3-17(22)15(16)11-29-28-9-12-4-6-13(7-5-12)19-18(23)8-14(10-27-19)20(24,25)26/h1-10H,11H2. The molecular formula is C20H12Cl3F3N2O. The summed E-state index contributed by atoms with van der Waals surface area (Å²) in [7, 11) is 0. The molecule has 0 unspecified atom stereocenters. The Morgan fingerprint density at radius 1 is 0.966 bits per heavy atom. The van der Waals surface area contributed by atoms with Gasteiger partial charge in [-0.2, -0.15) is 13.2 Å². The van der Waals surface area contributed by atoms with E-state index in [1.54, 1.807) is 42.5 Å². The SMILES string of the molecule is FC(F)(F)c1cnc(-c2ccc(C=NOCc3c(Cl)cccc3Cl)cc2)c(Cl)c1. The van der Waals surface area contributed by atoms with Crippen molar-refractivity contribution in [1.82, 2.24) is 4.98 Å². The van der Waals surface area contributed by atoms with Crippen molar-refractivity contribution < 1.29 is 18.0 Å². The summed E-state index contributed by atoms with van der Waals surface area (Å²) in [6, 6.07) is 12.8. The van der Waals surface area contributed by atoms with Gasteiger partial charge in [0.15, 0.2) is 0 Å². The van der Waals surface area contributed by atoms with E-state index in [2.05, 4.69) is 10.1 Å². The van der Waals surface area contributed by atoms with Crippen LogP contribution in [0, 0.1) is 0 Å². The lowest BCUT2D eigenvalue weighted by Crippen LogP contribution is -2.05. The summed E-state index contributed by atoms with van der Waals surface area (Å²) in [6.07, 6.45) is -2.26. The second-order valence-electron chi connectivity index (χ2n) is 5.88. The lowest BCUT2D eigenvalue weighted by atomic mass is 10.1. The largest absolute Gasteiger partial charge is 0.417 e. The lowest BCUT2D eigenvalue weighted by molar-refractivity contribution is -0.137. The van der Waals surface area contributed by atoms with Crippen molar-refractivity contribution in [2.45, 2.75) is 12.8 Å². The molecule has 1 heterocycles. The highest BCUT2D eigenvalue weighted by atomic mass is 35.5. The first-order valence-corrected chi connectivity index (χ1v) is 9.30. The Morgan fingerprint density at radius 3 is 2.21 bits per heavy atom. The van der Waals surface area contributed by atoms with Crippen LogP contribution < -0.4 is 0 Å². The summed E-state index contributed by atoms with van der Waals surface area (Å²) in [5.41, 5.74) is 1.27. The maximum atomic E-state index is 12.7. The number of aromatic nitrogens is 1. The van der Waals surface area contributed by atoms with E-state index in [0.717, 1.165) is 12.3 Å². The van der Waals surface area contributed by atoms with Crippen molar-refractivity contribution in [3.05, 3.63) is 86.5 Å². The predicted octanol–water partition coefficient (Wildman–Crippen LogP) is 7.28. The third-order valence-electron chi connectivity index (χ3n) is 3.90. The van der Waals surface area contributed by atoms with Crippen LogP contribution >= 0.6 is 34.8 Å². The average molecular weight is 460 g/mol. The fourth-order valence-electron chi connectivity index (χ4n) is 2.40. The Balaban J connectivity index is 1.67. The van der Waals surface area contributed by atoms with E-state index in [9.17, 15) is 13.2 Å². The van der Waals surface area contributed by atoms with E-state index in [0.29, 0.717) is 26.7 Å². The van der Waals surface area contributed by atoms with E-state index in [4.69, 9.17) is 39.6 Å². The van der Waals surface area contributed by atoms with Gasteiger partial charge in [-0.25, -0.2) is 0 Å². The molecule has 0 atom stereocenters. The number of pyridine rings is 1. The first kappa shape index (κ1) is 21.4. The second-order valence-corrected chi connectivity index (χ2v) is 7.10. The predicted molar refractivity (Wildman–Crippen MR) is 109 cm³/mol. The zero-order valence-electron chi connectivity index (χ0n) is 14.6. The molecule has 0 bridgehead atoms. The van der Waals surface area contributed by atoms with Crippen molar-refractivity contribution in [3.63, 3.8) is 0 Å². The number of nitrogens with zero attached hydrogens (tertiary/aromatic N) is 2. The smallest absolute Gasteiger partial charge is 0.391 e. The van der Waals surface area contributed by atoms with E-state index in [1.165, 1.54) is 6.21 Å². The average Bonchev–Trinajstić information content (AvgIpc) is 2.67. The number of alkyl halides is 3. The molecule has 150 valence electrons. The highest BCUT2D eigenvalue weighted by Gasteiger charge is 2.31. The highest BCUT2D eigenvalue weighted by molar-refractivity contribution is 6.36. The first-order chi connectivity index (χ1) is 13.8. The zero-order valence-corrected chi connectivity index (χ0v) is 16.8. The fourth-order valence-corrected chi connectivity index (χ4v) is 3.18. The summed E-state index contributed by atoms with van der Waals surface area (Å²) in [6.45, 7) is 0.109. The van der Waals surface area contributed by atoms with Gasteiger partial charge < -0.3 is 4.84 Å². The van der Waals surface area contributed by atoms with Gasteiger partial charge >= 0.3 is 6.18 Å². The number of rotatable bonds is 5. The quantitative estimate of drug-likeness (QED) is 0.297. The minimum Gasteiger partial charge on any atom is -0.391 e. The van der Waals surface area contributed by atoms with E-state index in [1.807, 2.05) is 0 Å².